The normalized spacial score (nSPS) is 10.5. The molecule has 6 heteroatoms. The monoisotopic (exact) mass is 326 g/mol. The zero-order chi connectivity index (χ0) is 16.4. The summed E-state index contributed by atoms with van der Waals surface area (Å²) in [5, 5.41) is 0.521. The van der Waals surface area contributed by atoms with Crippen LogP contribution in [0.5, 0.6) is 5.75 Å². The van der Waals surface area contributed by atoms with Gasteiger partial charge < -0.3 is 16.2 Å². The van der Waals surface area contributed by atoms with Crippen molar-refractivity contribution in [2.75, 3.05) is 18.6 Å². The standard InChI is InChI=1S/C17H15ClN4O/c1-23-13-9-11(7-8-12(13)18)14-15(10-5-3-2-4-6-10)21-17(20)22-16(14)19/h2-9H,1H3,(H4,19,20,21,22). The number of nitrogen functional groups attached to an aromatic ring is 2. The zero-order valence-corrected chi connectivity index (χ0v) is 13.2. The summed E-state index contributed by atoms with van der Waals surface area (Å²) in [6, 6.07) is 15.1. The number of hydrogen-bond donors (Lipinski definition) is 2. The van der Waals surface area contributed by atoms with E-state index < -0.39 is 0 Å². The maximum absolute atomic E-state index is 6.12. The van der Waals surface area contributed by atoms with Gasteiger partial charge in [-0.05, 0) is 17.7 Å². The largest absolute Gasteiger partial charge is 0.495 e. The van der Waals surface area contributed by atoms with E-state index in [2.05, 4.69) is 9.97 Å². The first-order valence-corrected chi connectivity index (χ1v) is 7.30. The lowest BCUT2D eigenvalue weighted by molar-refractivity contribution is 0.415. The molecule has 116 valence electrons. The van der Waals surface area contributed by atoms with Crippen molar-refractivity contribution in [1.82, 2.24) is 9.97 Å². The Balaban J connectivity index is 2.27. The molecule has 1 aromatic heterocycles. The van der Waals surface area contributed by atoms with Crippen LogP contribution in [0.2, 0.25) is 5.02 Å². The molecule has 0 atom stereocenters. The fourth-order valence-corrected chi connectivity index (χ4v) is 2.60. The molecule has 0 radical (unpaired) electrons. The summed E-state index contributed by atoms with van der Waals surface area (Å²) in [4.78, 5) is 8.46. The lowest BCUT2D eigenvalue weighted by Gasteiger charge is -2.13. The topological polar surface area (TPSA) is 87.0 Å². The zero-order valence-electron chi connectivity index (χ0n) is 12.5. The summed E-state index contributed by atoms with van der Waals surface area (Å²) in [6.07, 6.45) is 0. The second-order valence-corrected chi connectivity index (χ2v) is 5.31. The summed E-state index contributed by atoms with van der Waals surface area (Å²) in [5.41, 5.74) is 15.0. The lowest BCUT2D eigenvalue weighted by atomic mass is 9.99. The predicted octanol–water partition coefficient (Wildman–Crippen LogP) is 3.64. The highest BCUT2D eigenvalue weighted by Gasteiger charge is 2.16. The fraction of sp³-hybridized carbons (Fsp3) is 0.0588. The number of anilines is 2. The van der Waals surface area contributed by atoms with Crippen LogP contribution in [0.4, 0.5) is 11.8 Å². The summed E-state index contributed by atoms with van der Waals surface area (Å²) in [5.74, 6) is 0.992. The molecule has 0 aliphatic rings. The van der Waals surface area contributed by atoms with E-state index in [1.807, 2.05) is 36.4 Å². The van der Waals surface area contributed by atoms with Gasteiger partial charge in [-0.25, -0.2) is 4.98 Å². The van der Waals surface area contributed by atoms with E-state index in [1.54, 1.807) is 19.2 Å². The van der Waals surface area contributed by atoms with E-state index in [1.165, 1.54) is 0 Å². The highest BCUT2D eigenvalue weighted by atomic mass is 35.5. The van der Waals surface area contributed by atoms with Gasteiger partial charge >= 0.3 is 0 Å². The highest BCUT2D eigenvalue weighted by molar-refractivity contribution is 6.32. The molecule has 0 saturated carbocycles. The van der Waals surface area contributed by atoms with Crippen molar-refractivity contribution in [3.8, 4) is 28.1 Å². The Hall–Kier alpha value is -2.79. The molecule has 3 rings (SSSR count). The Morgan fingerprint density at radius 2 is 1.70 bits per heavy atom. The number of nitrogens with two attached hydrogens (primary N) is 2. The summed E-state index contributed by atoms with van der Waals surface area (Å²) in [6.45, 7) is 0. The van der Waals surface area contributed by atoms with Gasteiger partial charge in [-0.3, -0.25) is 0 Å². The van der Waals surface area contributed by atoms with Crippen molar-refractivity contribution in [2.24, 2.45) is 0 Å². The molecule has 0 saturated heterocycles. The smallest absolute Gasteiger partial charge is 0.222 e. The van der Waals surface area contributed by atoms with Crippen LogP contribution in [0.25, 0.3) is 22.4 Å². The molecule has 5 nitrogen and oxygen atoms in total. The van der Waals surface area contributed by atoms with Crippen LogP contribution in [-0.4, -0.2) is 17.1 Å². The summed E-state index contributed by atoms with van der Waals surface area (Å²) in [7, 11) is 1.56. The Bertz CT molecular complexity index is 853. The minimum atomic E-state index is 0.131. The SMILES string of the molecule is COc1cc(-c2c(N)nc(N)nc2-c2ccccc2)ccc1Cl. The van der Waals surface area contributed by atoms with E-state index in [4.69, 9.17) is 27.8 Å². The first-order chi connectivity index (χ1) is 11.1. The third kappa shape index (κ3) is 2.91. The lowest BCUT2D eigenvalue weighted by Crippen LogP contribution is -2.04. The van der Waals surface area contributed by atoms with Crippen LogP contribution in [0, 0.1) is 0 Å². The van der Waals surface area contributed by atoms with E-state index in [9.17, 15) is 0 Å². The minimum Gasteiger partial charge on any atom is -0.495 e. The van der Waals surface area contributed by atoms with Crippen LogP contribution >= 0.6 is 11.6 Å². The van der Waals surface area contributed by atoms with E-state index in [0.29, 0.717) is 27.8 Å². The van der Waals surface area contributed by atoms with Gasteiger partial charge in [0.2, 0.25) is 5.95 Å². The average molecular weight is 327 g/mol. The molecule has 0 aliphatic heterocycles. The number of aromatic nitrogens is 2. The summed E-state index contributed by atoms with van der Waals surface area (Å²) >= 11 is 6.10. The molecule has 2 aromatic carbocycles. The second kappa shape index (κ2) is 6.14. The van der Waals surface area contributed by atoms with Crippen LogP contribution in [0.1, 0.15) is 0 Å². The molecule has 0 fully saturated rings. The number of rotatable bonds is 3. The molecule has 23 heavy (non-hydrogen) atoms. The fourth-order valence-electron chi connectivity index (χ4n) is 2.40. The van der Waals surface area contributed by atoms with Crippen LogP contribution in [0.15, 0.2) is 48.5 Å². The molecule has 0 unspecified atom stereocenters. The van der Waals surface area contributed by atoms with Gasteiger partial charge in [0.25, 0.3) is 0 Å². The molecule has 0 spiro atoms. The maximum atomic E-state index is 6.12. The molecule has 0 amide bonds. The first kappa shape index (κ1) is 15.1. The van der Waals surface area contributed by atoms with Crippen molar-refractivity contribution in [1.29, 1.82) is 0 Å². The molecule has 1 heterocycles. The Morgan fingerprint density at radius 1 is 0.957 bits per heavy atom. The van der Waals surface area contributed by atoms with Gasteiger partial charge in [0.15, 0.2) is 0 Å². The molecule has 0 aliphatic carbocycles. The van der Waals surface area contributed by atoms with Crippen molar-refractivity contribution < 1.29 is 4.74 Å². The van der Waals surface area contributed by atoms with E-state index in [0.717, 1.165) is 11.1 Å². The van der Waals surface area contributed by atoms with Crippen LogP contribution in [0.3, 0.4) is 0 Å². The van der Waals surface area contributed by atoms with Crippen molar-refractivity contribution >= 4 is 23.4 Å². The number of benzene rings is 2. The molecular formula is C17H15ClN4O. The van der Waals surface area contributed by atoms with Crippen LogP contribution < -0.4 is 16.2 Å². The number of ether oxygens (including phenoxy) is 1. The quantitative estimate of drug-likeness (QED) is 0.767. The Kier molecular flexibility index (Phi) is 4.04. The van der Waals surface area contributed by atoms with Crippen molar-refractivity contribution in [2.45, 2.75) is 0 Å². The van der Waals surface area contributed by atoms with Gasteiger partial charge in [-0.2, -0.15) is 4.98 Å². The molecule has 0 bridgehead atoms. The number of methoxy groups -OCH3 is 1. The number of hydrogen-bond acceptors (Lipinski definition) is 5. The van der Waals surface area contributed by atoms with Gasteiger partial charge in [-0.15, -0.1) is 0 Å². The van der Waals surface area contributed by atoms with Gasteiger partial charge in [-0.1, -0.05) is 48.0 Å². The molecule has 4 N–H and O–H groups in total. The minimum absolute atomic E-state index is 0.131. The molecule has 3 aromatic rings. The number of halogens is 1. The Labute approximate surface area is 138 Å². The van der Waals surface area contributed by atoms with E-state index >= 15 is 0 Å². The van der Waals surface area contributed by atoms with Crippen molar-refractivity contribution in [3.05, 3.63) is 53.6 Å². The van der Waals surface area contributed by atoms with E-state index in [-0.39, 0.29) is 5.95 Å². The molecular weight excluding hydrogens is 312 g/mol. The third-order valence-electron chi connectivity index (χ3n) is 3.44. The van der Waals surface area contributed by atoms with Crippen molar-refractivity contribution in [3.63, 3.8) is 0 Å². The summed E-state index contributed by atoms with van der Waals surface area (Å²) < 4.78 is 5.28. The average Bonchev–Trinajstić information content (AvgIpc) is 2.56. The number of nitrogens with zero attached hydrogens (tertiary/aromatic N) is 2. The van der Waals surface area contributed by atoms with Gasteiger partial charge in [0, 0.05) is 5.56 Å². The second-order valence-electron chi connectivity index (χ2n) is 4.91. The van der Waals surface area contributed by atoms with Crippen LogP contribution in [-0.2, 0) is 0 Å². The predicted molar refractivity (Wildman–Crippen MR) is 93.3 cm³/mol. The first-order valence-electron chi connectivity index (χ1n) is 6.92. The highest BCUT2D eigenvalue weighted by Crippen LogP contribution is 2.38. The Morgan fingerprint density at radius 3 is 2.39 bits per heavy atom. The third-order valence-corrected chi connectivity index (χ3v) is 3.75. The maximum Gasteiger partial charge on any atom is 0.222 e. The van der Waals surface area contributed by atoms with Gasteiger partial charge in [0.05, 0.1) is 23.4 Å². The van der Waals surface area contributed by atoms with Gasteiger partial charge in [0.1, 0.15) is 11.6 Å².